The van der Waals surface area contributed by atoms with Crippen LogP contribution in [0.2, 0.25) is 0 Å². The third-order valence-electron chi connectivity index (χ3n) is 2.01. The van der Waals surface area contributed by atoms with Crippen molar-refractivity contribution < 1.29 is 9.59 Å². The van der Waals surface area contributed by atoms with Gasteiger partial charge >= 0.3 is 0 Å². The number of aldehydes is 1. The van der Waals surface area contributed by atoms with Crippen LogP contribution in [0.5, 0.6) is 0 Å². The summed E-state index contributed by atoms with van der Waals surface area (Å²) in [5.74, 6) is -0.154. The molecule has 68 valence electrons. The summed E-state index contributed by atoms with van der Waals surface area (Å²) in [5, 5.41) is 2.59. The second-order valence-corrected chi connectivity index (χ2v) is 3.02. The van der Waals surface area contributed by atoms with Crippen molar-refractivity contribution in [1.82, 2.24) is 10.2 Å². The summed E-state index contributed by atoms with van der Waals surface area (Å²) < 4.78 is 0. The van der Waals surface area contributed by atoms with Gasteiger partial charge < -0.3 is 5.32 Å². The number of nitrogens with one attached hydrogen (secondary N) is 1. The molecule has 12 heavy (non-hydrogen) atoms. The number of carbonyl (C=O) groups excluding carboxylic acids is 2. The van der Waals surface area contributed by atoms with E-state index in [0.717, 1.165) is 32.2 Å². The van der Waals surface area contributed by atoms with E-state index < -0.39 is 6.17 Å². The van der Waals surface area contributed by atoms with Crippen LogP contribution >= 0.6 is 0 Å². The molecule has 1 aliphatic rings. The molecule has 1 heterocycles. The molecule has 0 bridgehead atoms. The molecular weight excluding hydrogens is 156 g/mol. The Morgan fingerprint density at radius 2 is 2.08 bits per heavy atom. The molecule has 1 N–H and O–H groups in total. The molecule has 1 fully saturated rings. The van der Waals surface area contributed by atoms with Crippen LogP contribution in [0.15, 0.2) is 0 Å². The van der Waals surface area contributed by atoms with Gasteiger partial charge in [-0.2, -0.15) is 0 Å². The van der Waals surface area contributed by atoms with Gasteiger partial charge in [-0.3, -0.25) is 14.5 Å². The van der Waals surface area contributed by atoms with Crippen molar-refractivity contribution in [2.45, 2.75) is 25.9 Å². The predicted octanol–water partition coefficient (Wildman–Crippen LogP) is -0.257. The molecule has 0 saturated carbocycles. The molecule has 1 atom stereocenters. The first-order chi connectivity index (χ1) is 5.74. The number of hydrogen-bond donors (Lipinski definition) is 1. The van der Waals surface area contributed by atoms with Crippen LogP contribution in [0.4, 0.5) is 0 Å². The van der Waals surface area contributed by atoms with Crippen LogP contribution < -0.4 is 5.32 Å². The molecule has 0 aromatic heterocycles. The summed E-state index contributed by atoms with van der Waals surface area (Å²) in [5.41, 5.74) is 0. The molecule has 1 saturated heterocycles. The molecule has 4 heteroatoms. The second-order valence-electron chi connectivity index (χ2n) is 3.02. The zero-order valence-corrected chi connectivity index (χ0v) is 7.25. The van der Waals surface area contributed by atoms with Crippen LogP contribution in [0.1, 0.15) is 19.8 Å². The number of nitrogens with zero attached hydrogens (tertiary/aromatic N) is 1. The Morgan fingerprint density at radius 3 is 2.50 bits per heavy atom. The van der Waals surface area contributed by atoms with Crippen molar-refractivity contribution in [1.29, 1.82) is 0 Å². The highest BCUT2D eigenvalue weighted by molar-refractivity contribution is 5.76. The van der Waals surface area contributed by atoms with E-state index in [1.165, 1.54) is 6.92 Å². The van der Waals surface area contributed by atoms with Crippen molar-refractivity contribution in [3.8, 4) is 0 Å². The van der Waals surface area contributed by atoms with Crippen molar-refractivity contribution in [3.63, 3.8) is 0 Å². The lowest BCUT2D eigenvalue weighted by Crippen LogP contribution is -2.47. The smallest absolute Gasteiger partial charge is 0.218 e. The van der Waals surface area contributed by atoms with E-state index in [1.54, 1.807) is 0 Å². The molecule has 0 aromatic rings. The first kappa shape index (κ1) is 9.19. The largest absolute Gasteiger partial charge is 0.334 e. The molecule has 1 unspecified atom stereocenters. The maximum absolute atomic E-state index is 10.7. The molecule has 0 aliphatic carbocycles. The summed E-state index contributed by atoms with van der Waals surface area (Å²) in [6.07, 6.45) is 2.60. The van der Waals surface area contributed by atoms with E-state index in [9.17, 15) is 9.59 Å². The molecule has 0 radical (unpaired) electrons. The number of amides is 1. The maximum atomic E-state index is 10.7. The average molecular weight is 170 g/mol. The van der Waals surface area contributed by atoms with Gasteiger partial charge in [-0.05, 0) is 12.8 Å². The molecule has 0 spiro atoms. The first-order valence-corrected chi connectivity index (χ1v) is 4.20. The first-order valence-electron chi connectivity index (χ1n) is 4.20. The Kier molecular flexibility index (Phi) is 3.22. The van der Waals surface area contributed by atoms with Gasteiger partial charge in [-0.25, -0.2) is 0 Å². The fourth-order valence-corrected chi connectivity index (χ4v) is 1.44. The SMILES string of the molecule is CC(=O)NC(C=O)N1CCCC1. The highest BCUT2D eigenvalue weighted by atomic mass is 16.2. The van der Waals surface area contributed by atoms with Crippen molar-refractivity contribution in [3.05, 3.63) is 0 Å². The molecule has 1 rings (SSSR count). The average Bonchev–Trinajstić information content (AvgIpc) is 2.51. The van der Waals surface area contributed by atoms with Crippen LogP contribution in [0, 0.1) is 0 Å². The fourth-order valence-electron chi connectivity index (χ4n) is 1.44. The molecular formula is C8H14N2O2. The zero-order chi connectivity index (χ0) is 8.97. The van der Waals surface area contributed by atoms with Gasteiger partial charge in [0.05, 0.1) is 0 Å². The monoisotopic (exact) mass is 170 g/mol. The van der Waals surface area contributed by atoms with Gasteiger partial charge in [0.1, 0.15) is 6.17 Å². The third kappa shape index (κ3) is 2.30. The Morgan fingerprint density at radius 1 is 1.50 bits per heavy atom. The van der Waals surface area contributed by atoms with E-state index in [2.05, 4.69) is 5.32 Å². The standard InChI is InChI=1S/C8H14N2O2/c1-7(12)9-8(6-11)10-4-2-3-5-10/h6,8H,2-5H2,1H3,(H,9,12). The molecule has 1 amide bonds. The third-order valence-corrected chi connectivity index (χ3v) is 2.01. The van der Waals surface area contributed by atoms with Gasteiger partial charge in [-0.15, -0.1) is 0 Å². The molecule has 1 aliphatic heterocycles. The van der Waals surface area contributed by atoms with Crippen molar-refractivity contribution in [2.24, 2.45) is 0 Å². The van der Waals surface area contributed by atoms with Crippen molar-refractivity contribution in [2.75, 3.05) is 13.1 Å². The summed E-state index contributed by atoms with van der Waals surface area (Å²) in [4.78, 5) is 23.2. The van der Waals surface area contributed by atoms with Crippen LogP contribution in [-0.2, 0) is 9.59 Å². The van der Waals surface area contributed by atoms with E-state index in [0.29, 0.717) is 0 Å². The van der Waals surface area contributed by atoms with Crippen LogP contribution in [-0.4, -0.2) is 36.3 Å². The normalized spacial score (nSPS) is 20.4. The van der Waals surface area contributed by atoms with E-state index >= 15 is 0 Å². The molecule has 0 aromatic carbocycles. The van der Waals surface area contributed by atoms with Gasteiger partial charge in [0, 0.05) is 20.0 Å². The highest BCUT2D eigenvalue weighted by Crippen LogP contribution is 2.08. The maximum Gasteiger partial charge on any atom is 0.218 e. The topological polar surface area (TPSA) is 49.4 Å². The van der Waals surface area contributed by atoms with E-state index in [4.69, 9.17) is 0 Å². The lowest BCUT2D eigenvalue weighted by atomic mass is 10.4. The zero-order valence-electron chi connectivity index (χ0n) is 7.25. The summed E-state index contributed by atoms with van der Waals surface area (Å²) in [6.45, 7) is 3.24. The Bertz CT molecular complexity index is 176. The summed E-state index contributed by atoms with van der Waals surface area (Å²) >= 11 is 0. The number of rotatable bonds is 3. The Labute approximate surface area is 71.9 Å². The summed E-state index contributed by atoms with van der Waals surface area (Å²) in [7, 11) is 0. The quantitative estimate of drug-likeness (QED) is 0.594. The minimum atomic E-state index is -0.412. The number of hydrogen-bond acceptors (Lipinski definition) is 3. The molecule has 4 nitrogen and oxygen atoms in total. The minimum absolute atomic E-state index is 0.154. The van der Waals surface area contributed by atoms with Crippen LogP contribution in [0.3, 0.4) is 0 Å². The van der Waals surface area contributed by atoms with Gasteiger partial charge in [0.2, 0.25) is 5.91 Å². The summed E-state index contributed by atoms with van der Waals surface area (Å²) in [6, 6.07) is 0. The van der Waals surface area contributed by atoms with Crippen LogP contribution in [0.25, 0.3) is 0 Å². The van der Waals surface area contributed by atoms with Gasteiger partial charge in [0.25, 0.3) is 0 Å². The van der Waals surface area contributed by atoms with E-state index in [1.807, 2.05) is 4.90 Å². The Hall–Kier alpha value is -0.900. The van der Waals surface area contributed by atoms with E-state index in [-0.39, 0.29) is 5.91 Å². The van der Waals surface area contributed by atoms with Crippen molar-refractivity contribution >= 4 is 12.2 Å². The minimum Gasteiger partial charge on any atom is -0.334 e. The number of likely N-dealkylation sites (tertiary alicyclic amines) is 1. The second kappa shape index (κ2) is 4.21. The van der Waals surface area contributed by atoms with Gasteiger partial charge in [-0.1, -0.05) is 0 Å². The lowest BCUT2D eigenvalue weighted by molar-refractivity contribution is -0.124. The lowest BCUT2D eigenvalue weighted by Gasteiger charge is -2.22. The fraction of sp³-hybridized carbons (Fsp3) is 0.750. The number of carbonyl (C=O) groups is 2. The Balaban J connectivity index is 2.42. The predicted molar refractivity (Wildman–Crippen MR) is 44.5 cm³/mol. The van der Waals surface area contributed by atoms with Gasteiger partial charge in [0.15, 0.2) is 6.29 Å². The highest BCUT2D eigenvalue weighted by Gasteiger charge is 2.21.